The smallest absolute Gasteiger partial charge is 0.172 e. The average molecular weight is 282 g/mol. The van der Waals surface area contributed by atoms with Crippen LogP contribution in [0.2, 0.25) is 5.02 Å². The van der Waals surface area contributed by atoms with Crippen molar-refractivity contribution in [3.05, 3.63) is 47.0 Å². The molecule has 0 aliphatic rings. The van der Waals surface area contributed by atoms with E-state index < -0.39 is 0 Å². The molecule has 2 rings (SSSR count). The van der Waals surface area contributed by atoms with E-state index in [1.165, 1.54) is 0 Å². The molecule has 0 aliphatic carbocycles. The third kappa shape index (κ3) is 3.45. The first-order chi connectivity index (χ1) is 8.65. The third-order valence-corrected chi connectivity index (χ3v) is 2.75. The molecule has 18 heavy (non-hydrogen) atoms. The van der Waals surface area contributed by atoms with Gasteiger partial charge in [0.15, 0.2) is 10.9 Å². The molecule has 0 aliphatic heterocycles. The minimum Gasteiger partial charge on any atom is -0.467 e. The van der Waals surface area contributed by atoms with Crippen molar-refractivity contribution in [3.8, 4) is 0 Å². The van der Waals surface area contributed by atoms with E-state index in [1.54, 1.807) is 12.5 Å². The Balaban J connectivity index is 1.91. The van der Waals surface area contributed by atoms with Gasteiger partial charge in [-0.2, -0.15) is 0 Å². The van der Waals surface area contributed by atoms with Crippen molar-refractivity contribution in [3.63, 3.8) is 0 Å². The van der Waals surface area contributed by atoms with Gasteiger partial charge in [-0.3, -0.25) is 0 Å². The van der Waals surface area contributed by atoms with E-state index in [9.17, 15) is 0 Å². The lowest BCUT2D eigenvalue weighted by molar-refractivity contribution is 0.503. The molecule has 0 fully saturated rings. The van der Waals surface area contributed by atoms with Gasteiger partial charge in [-0.25, -0.2) is 4.98 Å². The van der Waals surface area contributed by atoms with E-state index in [0.717, 1.165) is 11.3 Å². The Labute approximate surface area is 115 Å². The highest BCUT2D eigenvalue weighted by Crippen LogP contribution is 2.19. The second-order valence-electron chi connectivity index (χ2n) is 3.73. The molecule has 0 saturated heterocycles. The second kappa shape index (κ2) is 5.84. The quantitative estimate of drug-likeness (QED) is 0.847. The summed E-state index contributed by atoms with van der Waals surface area (Å²) in [5, 5.41) is 6.93. The van der Waals surface area contributed by atoms with Gasteiger partial charge < -0.3 is 15.1 Å². The maximum absolute atomic E-state index is 6.04. The minimum absolute atomic E-state index is 0.449. The first kappa shape index (κ1) is 12.9. The number of nitrogens with zero attached hydrogens (tertiary/aromatic N) is 1. The summed E-state index contributed by atoms with van der Waals surface area (Å²) in [4.78, 5) is 4.17. The SMILES string of the molecule is Cc1cnc(NC(=S)NCc2ccco2)c(Cl)c1. The number of aryl methyl sites for hydroxylation is 1. The third-order valence-electron chi connectivity index (χ3n) is 2.21. The first-order valence-electron chi connectivity index (χ1n) is 5.34. The van der Waals surface area contributed by atoms with Gasteiger partial charge in [0.05, 0.1) is 17.8 Å². The maximum Gasteiger partial charge on any atom is 0.172 e. The van der Waals surface area contributed by atoms with Crippen LogP contribution < -0.4 is 10.6 Å². The topological polar surface area (TPSA) is 50.1 Å². The van der Waals surface area contributed by atoms with Crippen LogP contribution >= 0.6 is 23.8 Å². The number of aromatic nitrogens is 1. The largest absolute Gasteiger partial charge is 0.467 e. The number of pyridine rings is 1. The van der Waals surface area contributed by atoms with Crippen LogP contribution in [0.4, 0.5) is 5.82 Å². The van der Waals surface area contributed by atoms with Crippen molar-refractivity contribution in [2.75, 3.05) is 5.32 Å². The van der Waals surface area contributed by atoms with Crippen molar-refractivity contribution < 1.29 is 4.42 Å². The van der Waals surface area contributed by atoms with Crippen LogP contribution in [-0.4, -0.2) is 10.1 Å². The Morgan fingerprint density at radius 3 is 3.06 bits per heavy atom. The Bertz CT molecular complexity index is 542. The highest BCUT2D eigenvalue weighted by Gasteiger charge is 2.04. The lowest BCUT2D eigenvalue weighted by Crippen LogP contribution is -2.28. The van der Waals surface area contributed by atoms with Crippen LogP contribution in [0.25, 0.3) is 0 Å². The van der Waals surface area contributed by atoms with E-state index in [2.05, 4.69) is 15.6 Å². The molecule has 0 amide bonds. The molecule has 94 valence electrons. The van der Waals surface area contributed by atoms with Crippen LogP contribution in [0.3, 0.4) is 0 Å². The number of thiocarbonyl (C=S) groups is 1. The van der Waals surface area contributed by atoms with Crippen molar-refractivity contribution in [2.45, 2.75) is 13.5 Å². The van der Waals surface area contributed by atoms with Gasteiger partial charge in [0, 0.05) is 6.20 Å². The Morgan fingerprint density at radius 1 is 1.56 bits per heavy atom. The molecule has 0 atom stereocenters. The predicted octanol–water partition coefficient (Wildman–Crippen LogP) is 3.12. The fraction of sp³-hybridized carbons (Fsp3) is 0.167. The van der Waals surface area contributed by atoms with Crippen LogP contribution in [0.5, 0.6) is 0 Å². The molecule has 2 heterocycles. The maximum atomic E-state index is 6.04. The van der Waals surface area contributed by atoms with Crippen LogP contribution in [0, 0.1) is 6.92 Å². The highest BCUT2D eigenvalue weighted by molar-refractivity contribution is 7.80. The number of hydrogen-bond acceptors (Lipinski definition) is 3. The molecule has 2 aromatic heterocycles. The van der Waals surface area contributed by atoms with Crippen LogP contribution in [-0.2, 0) is 6.54 Å². The summed E-state index contributed by atoms with van der Waals surface area (Å²) < 4.78 is 5.18. The van der Waals surface area contributed by atoms with E-state index in [1.807, 2.05) is 25.1 Å². The average Bonchev–Trinajstić information content (AvgIpc) is 2.83. The number of anilines is 1. The fourth-order valence-corrected chi connectivity index (χ4v) is 1.79. The van der Waals surface area contributed by atoms with E-state index >= 15 is 0 Å². The molecule has 0 unspecified atom stereocenters. The Hall–Kier alpha value is -1.59. The van der Waals surface area contributed by atoms with E-state index in [-0.39, 0.29) is 0 Å². The lowest BCUT2D eigenvalue weighted by atomic mass is 10.3. The molecule has 0 saturated carbocycles. The molecule has 0 radical (unpaired) electrons. The molecule has 2 N–H and O–H groups in total. The first-order valence-corrected chi connectivity index (χ1v) is 6.13. The number of nitrogens with one attached hydrogen (secondary N) is 2. The van der Waals surface area contributed by atoms with Gasteiger partial charge in [0.25, 0.3) is 0 Å². The molecule has 0 bridgehead atoms. The van der Waals surface area contributed by atoms with Crippen LogP contribution in [0.15, 0.2) is 35.1 Å². The zero-order chi connectivity index (χ0) is 13.0. The molecular formula is C12H12ClN3OS. The van der Waals surface area contributed by atoms with E-state index in [4.69, 9.17) is 28.2 Å². The fourth-order valence-electron chi connectivity index (χ4n) is 1.36. The van der Waals surface area contributed by atoms with Gasteiger partial charge in [-0.15, -0.1) is 0 Å². The van der Waals surface area contributed by atoms with Gasteiger partial charge in [0.2, 0.25) is 0 Å². The van der Waals surface area contributed by atoms with E-state index in [0.29, 0.717) is 22.5 Å². The van der Waals surface area contributed by atoms with Gasteiger partial charge in [-0.1, -0.05) is 11.6 Å². The summed E-state index contributed by atoms with van der Waals surface area (Å²) in [6.07, 6.45) is 3.34. The highest BCUT2D eigenvalue weighted by atomic mass is 35.5. The summed E-state index contributed by atoms with van der Waals surface area (Å²) in [6, 6.07) is 5.52. The van der Waals surface area contributed by atoms with Crippen molar-refractivity contribution in [1.82, 2.24) is 10.3 Å². The molecule has 0 spiro atoms. The van der Waals surface area contributed by atoms with Gasteiger partial charge in [-0.05, 0) is 42.9 Å². The number of halogens is 1. The normalized spacial score (nSPS) is 10.1. The number of rotatable bonds is 3. The number of hydrogen-bond donors (Lipinski definition) is 2. The molecule has 2 aromatic rings. The monoisotopic (exact) mass is 281 g/mol. The zero-order valence-electron chi connectivity index (χ0n) is 9.74. The van der Waals surface area contributed by atoms with Crippen molar-refractivity contribution in [2.24, 2.45) is 0 Å². The standard InChI is InChI=1S/C12H12ClN3OS/c1-8-5-10(13)11(14-6-8)16-12(18)15-7-9-3-2-4-17-9/h2-6H,7H2,1H3,(H2,14,15,16,18). The molecular weight excluding hydrogens is 270 g/mol. The lowest BCUT2D eigenvalue weighted by Gasteiger charge is -2.10. The zero-order valence-corrected chi connectivity index (χ0v) is 11.3. The molecule has 6 heteroatoms. The number of furan rings is 1. The van der Waals surface area contributed by atoms with Crippen LogP contribution in [0.1, 0.15) is 11.3 Å². The Kier molecular flexibility index (Phi) is 4.17. The Morgan fingerprint density at radius 2 is 2.39 bits per heavy atom. The van der Waals surface area contributed by atoms with Crippen molar-refractivity contribution >= 4 is 34.7 Å². The second-order valence-corrected chi connectivity index (χ2v) is 4.55. The summed E-state index contributed by atoms with van der Waals surface area (Å²) in [6.45, 7) is 2.44. The summed E-state index contributed by atoms with van der Waals surface area (Å²) >= 11 is 11.2. The molecule has 0 aromatic carbocycles. The summed E-state index contributed by atoms with van der Waals surface area (Å²) in [7, 11) is 0. The van der Waals surface area contributed by atoms with Crippen molar-refractivity contribution in [1.29, 1.82) is 0 Å². The van der Waals surface area contributed by atoms with Gasteiger partial charge in [0.1, 0.15) is 5.76 Å². The summed E-state index contributed by atoms with van der Waals surface area (Å²) in [5.74, 6) is 1.35. The molecule has 4 nitrogen and oxygen atoms in total. The predicted molar refractivity (Wildman–Crippen MR) is 75.8 cm³/mol. The van der Waals surface area contributed by atoms with Gasteiger partial charge >= 0.3 is 0 Å². The minimum atomic E-state index is 0.449. The summed E-state index contributed by atoms with van der Waals surface area (Å²) in [5.41, 5.74) is 1.00.